The normalized spacial score (nSPS) is 19.1. The molecule has 2 N–H and O–H groups in total. The van der Waals surface area contributed by atoms with Crippen LogP contribution < -0.4 is 10.6 Å². The Morgan fingerprint density at radius 3 is 2.64 bits per heavy atom. The number of nitrogens with two attached hydrogens (primary N) is 1. The second-order valence-corrected chi connectivity index (χ2v) is 7.98. The van der Waals surface area contributed by atoms with Crippen LogP contribution in [0.1, 0.15) is 30.5 Å². The Hall–Kier alpha value is -2.89. The molecule has 2 aromatic rings. The monoisotopic (exact) mass is 377 g/mol. The zero-order chi connectivity index (χ0) is 19.6. The third kappa shape index (κ3) is 4.01. The number of nitrogen functional groups attached to an aromatic ring is 1. The topological polar surface area (TPSA) is 75.4 Å². The fraction of sp³-hybridized carbons (Fsp3) is 0.409. The molecule has 1 aromatic heterocycles. The van der Waals surface area contributed by atoms with E-state index in [1.807, 2.05) is 36.1 Å². The van der Waals surface area contributed by atoms with E-state index in [0.29, 0.717) is 18.9 Å². The van der Waals surface area contributed by atoms with Gasteiger partial charge in [-0.2, -0.15) is 4.98 Å². The summed E-state index contributed by atoms with van der Waals surface area (Å²) in [6.45, 7) is 5.27. The first-order valence-electron chi connectivity index (χ1n) is 9.89. The predicted molar refractivity (Wildman–Crippen MR) is 112 cm³/mol. The molecule has 0 bridgehead atoms. The zero-order valence-electron chi connectivity index (χ0n) is 16.3. The maximum absolute atomic E-state index is 12.6. The standard InChI is InChI=1S/C22H27N5O/c1-17-14-19(25-21(23)24-17)26-12-9-22(10-13-26)15-20(28)27(16-22)11-5-8-18-6-3-2-4-7-18/h2-8,14H,9-13,15-16H2,1H3,(H2,23,24,25)/b8-5+. The van der Waals surface area contributed by atoms with Crippen LogP contribution in [0.4, 0.5) is 11.8 Å². The van der Waals surface area contributed by atoms with E-state index >= 15 is 0 Å². The summed E-state index contributed by atoms with van der Waals surface area (Å²) in [7, 11) is 0. The van der Waals surface area contributed by atoms with Crippen molar-refractivity contribution in [2.24, 2.45) is 5.41 Å². The first kappa shape index (κ1) is 18.5. The molecule has 2 aliphatic heterocycles. The molecule has 4 rings (SSSR count). The number of aromatic nitrogens is 2. The third-order valence-corrected chi connectivity index (χ3v) is 5.85. The Bertz CT molecular complexity index is 852. The number of carbonyl (C=O) groups excluding carboxylic acids is 1. The number of hydrogen-bond acceptors (Lipinski definition) is 5. The molecule has 6 heteroatoms. The SMILES string of the molecule is Cc1cc(N2CCC3(CC2)CC(=O)N(C/C=C/c2ccccc2)C3)nc(N)n1. The molecule has 0 aliphatic carbocycles. The first-order chi connectivity index (χ1) is 13.5. The predicted octanol–water partition coefficient (Wildman–Crippen LogP) is 2.90. The number of amides is 1. The molecule has 0 radical (unpaired) electrons. The molecule has 2 saturated heterocycles. The molecule has 0 saturated carbocycles. The number of aryl methyl sites for hydroxylation is 1. The summed E-state index contributed by atoms with van der Waals surface area (Å²) in [6.07, 6.45) is 6.84. The molecule has 0 atom stereocenters. The quantitative estimate of drug-likeness (QED) is 0.887. The number of carbonyl (C=O) groups is 1. The Kier molecular flexibility index (Phi) is 5.03. The van der Waals surface area contributed by atoms with Crippen molar-refractivity contribution in [1.29, 1.82) is 0 Å². The van der Waals surface area contributed by atoms with E-state index in [9.17, 15) is 4.79 Å². The molecule has 3 heterocycles. The Morgan fingerprint density at radius 2 is 1.93 bits per heavy atom. The summed E-state index contributed by atoms with van der Waals surface area (Å²) in [6, 6.07) is 12.2. The highest BCUT2D eigenvalue weighted by atomic mass is 16.2. The molecule has 1 spiro atoms. The van der Waals surface area contributed by atoms with E-state index in [1.54, 1.807) is 0 Å². The van der Waals surface area contributed by atoms with E-state index < -0.39 is 0 Å². The highest BCUT2D eigenvalue weighted by Gasteiger charge is 2.44. The lowest BCUT2D eigenvalue weighted by Crippen LogP contribution is -2.42. The van der Waals surface area contributed by atoms with Crippen molar-refractivity contribution in [3.05, 3.63) is 53.7 Å². The average molecular weight is 377 g/mol. The molecule has 6 nitrogen and oxygen atoms in total. The van der Waals surface area contributed by atoms with Crippen molar-refractivity contribution >= 4 is 23.7 Å². The Morgan fingerprint density at radius 1 is 1.18 bits per heavy atom. The van der Waals surface area contributed by atoms with E-state index in [2.05, 4.69) is 39.2 Å². The highest BCUT2D eigenvalue weighted by Crippen LogP contribution is 2.41. The molecule has 146 valence electrons. The largest absolute Gasteiger partial charge is 0.368 e. The summed E-state index contributed by atoms with van der Waals surface area (Å²) < 4.78 is 0. The van der Waals surface area contributed by atoms with Gasteiger partial charge in [-0.05, 0) is 25.3 Å². The minimum absolute atomic E-state index is 0.0990. The van der Waals surface area contributed by atoms with Gasteiger partial charge in [0.1, 0.15) is 5.82 Å². The third-order valence-electron chi connectivity index (χ3n) is 5.85. The van der Waals surface area contributed by atoms with Crippen molar-refractivity contribution < 1.29 is 4.79 Å². The van der Waals surface area contributed by atoms with E-state index in [1.165, 1.54) is 0 Å². The van der Waals surface area contributed by atoms with Gasteiger partial charge in [0, 0.05) is 49.8 Å². The number of benzene rings is 1. The smallest absolute Gasteiger partial charge is 0.223 e. The van der Waals surface area contributed by atoms with Crippen LogP contribution in [-0.2, 0) is 4.79 Å². The minimum atomic E-state index is 0.0990. The van der Waals surface area contributed by atoms with Crippen LogP contribution in [-0.4, -0.2) is 47.0 Å². The van der Waals surface area contributed by atoms with E-state index in [4.69, 9.17) is 5.73 Å². The van der Waals surface area contributed by atoms with Crippen LogP contribution in [0.5, 0.6) is 0 Å². The van der Waals surface area contributed by atoms with Crippen LogP contribution in [0.3, 0.4) is 0 Å². The van der Waals surface area contributed by atoms with Gasteiger partial charge in [0.15, 0.2) is 0 Å². The number of nitrogens with zero attached hydrogens (tertiary/aromatic N) is 4. The van der Waals surface area contributed by atoms with Gasteiger partial charge in [-0.1, -0.05) is 42.5 Å². The fourth-order valence-corrected chi connectivity index (χ4v) is 4.31. The van der Waals surface area contributed by atoms with Crippen LogP contribution in [0.2, 0.25) is 0 Å². The molecule has 0 unspecified atom stereocenters. The van der Waals surface area contributed by atoms with Gasteiger partial charge in [-0.25, -0.2) is 4.98 Å². The molecule has 2 aliphatic rings. The lowest BCUT2D eigenvalue weighted by Gasteiger charge is -2.39. The van der Waals surface area contributed by atoms with Gasteiger partial charge < -0.3 is 15.5 Å². The number of anilines is 2. The van der Waals surface area contributed by atoms with Gasteiger partial charge in [0.05, 0.1) is 0 Å². The summed E-state index contributed by atoms with van der Waals surface area (Å²) >= 11 is 0. The van der Waals surface area contributed by atoms with Crippen LogP contribution in [0.25, 0.3) is 6.08 Å². The van der Waals surface area contributed by atoms with Crippen molar-refractivity contribution in [2.75, 3.05) is 36.8 Å². The summed E-state index contributed by atoms with van der Waals surface area (Å²) in [4.78, 5) is 25.4. The van der Waals surface area contributed by atoms with Gasteiger partial charge in [0.25, 0.3) is 0 Å². The number of rotatable bonds is 4. The van der Waals surface area contributed by atoms with Gasteiger partial charge in [0.2, 0.25) is 11.9 Å². The van der Waals surface area contributed by atoms with Gasteiger partial charge >= 0.3 is 0 Å². The summed E-state index contributed by atoms with van der Waals surface area (Å²) in [5.74, 6) is 1.49. The molecule has 28 heavy (non-hydrogen) atoms. The molecule has 1 amide bonds. The maximum atomic E-state index is 12.6. The fourth-order valence-electron chi connectivity index (χ4n) is 4.31. The molecule has 1 aromatic carbocycles. The van der Waals surface area contributed by atoms with Gasteiger partial charge in [-0.3, -0.25) is 4.79 Å². The number of likely N-dealkylation sites (tertiary alicyclic amines) is 1. The zero-order valence-corrected chi connectivity index (χ0v) is 16.3. The Labute approximate surface area is 166 Å². The van der Waals surface area contributed by atoms with E-state index in [0.717, 1.165) is 49.6 Å². The van der Waals surface area contributed by atoms with Crippen molar-refractivity contribution in [3.63, 3.8) is 0 Å². The number of piperidine rings is 1. The maximum Gasteiger partial charge on any atom is 0.223 e. The molecule has 2 fully saturated rings. The minimum Gasteiger partial charge on any atom is -0.368 e. The van der Waals surface area contributed by atoms with E-state index in [-0.39, 0.29) is 11.3 Å². The van der Waals surface area contributed by atoms with Crippen LogP contribution in [0, 0.1) is 12.3 Å². The van der Waals surface area contributed by atoms with Crippen LogP contribution >= 0.6 is 0 Å². The second-order valence-electron chi connectivity index (χ2n) is 7.98. The van der Waals surface area contributed by atoms with Crippen molar-refractivity contribution in [2.45, 2.75) is 26.2 Å². The number of hydrogen-bond donors (Lipinski definition) is 1. The molecular weight excluding hydrogens is 350 g/mol. The average Bonchev–Trinajstić information content (AvgIpc) is 2.97. The van der Waals surface area contributed by atoms with Crippen LogP contribution in [0.15, 0.2) is 42.5 Å². The summed E-state index contributed by atoms with van der Waals surface area (Å²) in [5, 5.41) is 0. The van der Waals surface area contributed by atoms with Crippen molar-refractivity contribution in [1.82, 2.24) is 14.9 Å². The van der Waals surface area contributed by atoms with Gasteiger partial charge in [-0.15, -0.1) is 0 Å². The second kappa shape index (κ2) is 7.62. The lowest BCUT2D eigenvalue weighted by atomic mass is 9.77. The Balaban J connectivity index is 1.35. The highest BCUT2D eigenvalue weighted by molar-refractivity contribution is 5.80. The first-order valence-corrected chi connectivity index (χ1v) is 9.89. The summed E-state index contributed by atoms with van der Waals surface area (Å²) in [5.41, 5.74) is 7.95. The molecular formula is C22H27N5O. The lowest BCUT2D eigenvalue weighted by molar-refractivity contribution is -0.127. The van der Waals surface area contributed by atoms with Crippen molar-refractivity contribution in [3.8, 4) is 0 Å².